The highest BCUT2D eigenvalue weighted by Gasteiger charge is 2.22. The molecule has 33 heavy (non-hydrogen) atoms. The molecule has 0 aliphatic heterocycles. The van der Waals surface area contributed by atoms with E-state index >= 15 is 0 Å². The number of nitrogens with zero attached hydrogens (tertiary/aromatic N) is 2. The third kappa shape index (κ3) is 6.07. The van der Waals surface area contributed by atoms with Crippen molar-refractivity contribution in [2.24, 2.45) is 5.10 Å². The lowest BCUT2D eigenvalue weighted by Crippen LogP contribution is -2.18. The number of carbonyl (C=O) groups excluding carboxylic acids is 3. The van der Waals surface area contributed by atoms with Gasteiger partial charge >= 0.3 is 11.7 Å². The molecule has 0 aromatic heterocycles. The number of benzene rings is 3. The smallest absolute Gasteiger partial charge is 0.343 e. The Kier molecular flexibility index (Phi) is 7.22. The van der Waals surface area contributed by atoms with Crippen molar-refractivity contribution < 1.29 is 24.0 Å². The minimum Gasteiger partial charge on any atom is -0.415 e. The Labute approximate surface area is 188 Å². The van der Waals surface area contributed by atoms with Crippen molar-refractivity contribution in [3.63, 3.8) is 0 Å². The van der Waals surface area contributed by atoms with E-state index in [-0.39, 0.29) is 28.3 Å². The summed E-state index contributed by atoms with van der Waals surface area (Å²) in [6.07, 6.45) is 1.14. The maximum Gasteiger partial charge on any atom is 0.343 e. The topological polar surface area (TPSA) is 140 Å². The molecule has 0 fully saturated rings. The molecule has 0 aliphatic carbocycles. The molecule has 2 N–H and O–H groups in total. The first kappa shape index (κ1) is 22.8. The zero-order chi connectivity index (χ0) is 23.8. The number of carbonyl (C=O) groups is 3. The van der Waals surface area contributed by atoms with Gasteiger partial charge < -0.3 is 10.1 Å². The predicted molar refractivity (Wildman–Crippen MR) is 120 cm³/mol. The fourth-order valence-corrected chi connectivity index (χ4v) is 2.76. The first-order valence-corrected chi connectivity index (χ1v) is 9.61. The number of nitro benzene ring substituents is 1. The number of rotatable bonds is 7. The summed E-state index contributed by atoms with van der Waals surface area (Å²) in [6.45, 7) is 1.37. The van der Waals surface area contributed by atoms with Gasteiger partial charge in [-0.2, -0.15) is 5.10 Å². The summed E-state index contributed by atoms with van der Waals surface area (Å²) >= 11 is 0. The van der Waals surface area contributed by atoms with Gasteiger partial charge in [0, 0.05) is 29.8 Å². The van der Waals surface area contributed by atoms with Crippen LogP contribution in [0, 0.1) is 10.1 Å². The summed E-state index contributed by atoms with van der Waals surface area (Å²) in [5.41, 5.74) is 3.02. The fraction of sp³-hybridized carbons (Fsp3) is 0.0435. The molecule has 3 rings (SSSR count). The average Bonchev–Trinajstić information content (AvgIpc) is 2.80. The summed E-state index contributed by atoms with van der Waals surface area (Å²) in [5, 5.41) is 17.8. The first-order chi connectivity index (χ1) is 15.8. The number of nitrogens with one attached hydrogen (secondary N) is 2. The molecule has 0 radical (unpaired) electrons. The van der Waals surface area contributed by atoms with Crippen molar-refractivity contribution in [2.75, 3.05) is 5.32 Å². The van der Waals surface area contributed by atoms with Gasteiger partial charge in [0.2, 0.25) is 11.7 Å². The van der Waals surface area contributed by atoms with Crippen molar-refractivity contribution in [1.82, 2.24) is 5.43 Å². The zero-order valence-corrected chi connectivity index (χ0v) is 17.3. The summed E-state index contributed by atoms with van der Waals surface area (Å²) in [7, 11) is 0. The maximum absolute atomic E-state index is 12.4. The predicted octanol–water partition coefficient (Wildman–Crippen LogP) is 3.54. The van der Waals surface area contributed by atoms with E-state index < -0.39 is 22.5 Å². The van der Waals surface area contributed by atoms with Gasteiger partial charge in [0.05, 0.1) is 16.7 Å². The molecule has 0 bridgehead atoms. The summed E-state index contributed by atoms with van der Waals surface area (Å²) in [4.78, 5) is 46.5. The van der Waals surface area contributed by atoms with E-state index in [9.17, 15) is 24.5 Å². The molecule has 0 heterocycles. The highest BCUT2D eigenvalue weighted by molar-refractivity contribution is 5.97. The van der Waals surface area contributed by atoms with Crippen molar-refractivity contribution in [3.8, 4) is 5.75 Å². The quantitative estimate of drug-likeness (QED) is 0.187. The van der Waals surface area contributed by atoms with E-state index in [0.717, 1.165) is 6.21 Å². The van der Waals surface area contributed by atoms with Crippen LogP contribution in [0.4, 0.5) is 11.4 Å². The van der Waals surface area contributed by atoms with Crippen LogP contribution in [0.3, 0.4) is 0 Å². The van der Waals surface area contributed by atoms with Crippen molar-refractivity contribution in [3.05, 3.63) is 99.6 Å². The molecule has 0 saturated carbocycles. The lowest BCUT2D eigenvalue weighted by molar-refractivity contribution is -0.385. The third-order valence-electron chi connectivity index (χ3n) is 4.26. The molecule has 10 nitrogen and oxygen atoms in total. The SMILES string of the molecule is CC(=O)Nc1ccc(C(=O)N/N=C/c2cccc([N+](=O)[O-])c2OC(=O)c2ccccc2)cc1. The van der Waals surface area contributed by atoms with Gasteiger partial charge in [-0.3, -0.25) is 19.7 Å². The summed E-state index contributed by atoms with van der Waals surface area (Å²) in [6, 6.07) is 18.2. The lowest BCUT2D eigenvalue weighted by atomic mass is 10.2. The number of esters is 1. The normalized spacial score (nSPS) is 10.5. The molecular formula is C23H18N4O6. The van der Waals surface area contributed by atoms with Crippen LogP contribution < -0.4 is 15.5 Å². The molecule has 2 amide bonds. The third-order valence-corrected chi connectivity index (χ3v) is 4.26. The van der Waals surface area contributed by atoms with Gasteiger partial charge in [-0.1, -0.05) is 24.3 Å². The molecule has 3 aromatic rings. The standard InChI is InChI=1S/C23H18N4O6/c1-15(28)25-19-12-10-16(11-13-19)22(29)26-24-14-18-8-5-9-20(27(31)32)21(18)33-23(30)17-6-3-2-4-7-17/h2-14H,1H3,(H,25,28)(H,26,29)/b24-14+. The van der Waals surface area contributed by atoms with Crippen LogP contribution in [-0.2, 0) is 4.79 Å². The summed E-state index contributed by atoms with van der Waals surface area (Å²) in [5.74, 6) is -1.86. The molecule has 10 heteroatoms. The van der Waals surface area contributed by atoms with Crippen molar-refractivity contribution >= 4 is 35.4 Å². The second-order valence-corrected chi connectivity index (χ2v) is 6.67. The number of hydrogen-bond donors (Lipinski definition) is 2. The molecule has 0 aliphatic rings. The minimum atomic E-state index is -0.775. The van der Waals surface area contributed by atoms with E-state index in [1.54, 1.807) is 30.3 Å². The Morgan fingerprint density at radius 1 is 0.939 bits per heavy atom. The van der Waals surface area contributed by atoms with Crippen LogP contribution in [0.25, 0.3) is 0 Å². The fourth-order valence-electron chi connectivity index (χ4n) is 2.76. The summed E-state index contributed by atoms with van der Waals surface area (Å²) < 4.78 is 5.29. The lowest BCUT2D eigenvalue weighted by Gasteiger charge is -2.08. The van der Waals surface area contributed by atoms with Crippen molar-refractivity contribution in [1.29, 1.82) is 0 Å². The molecule has 166 valence electrons. The number of hydrogen-bond acceptors (Lipinski definition) is 7. The maximum atomic E-state index is 12.4. The minimum absolute atomic E-state index is 0.120. The number of amides is 2. The number of anilines is 1. The average molecular weight is 446 g/mol. The van der Waals surface area contributed by atoms with E-state index in [4.69, 9.17) is 4.74 Å². The van der Waals surface area contributed by atoms with Crippen molar-refractivity contribution in [2.45, 2.75) is 6.92 Å². The number of ether oxygens (including phenoxy) is 1. The molecule has 3 aromatic carbocycles. The van der Waals surface area contributed by atoms with Gasteiger partial charge in [-0.15, -0.1) is 0 Å². The van der Waals surface area contributed by atoms with Crippen LogP contribution in [0.1, 0.15) is 33.2 Å². The molecule has 0 unspecified atom stereocenters. The van der Waals surface area contributed by atoms with Gasteiger partial charge in [0.15, 0.2) is 0 Å². The monoisotopic (exact) mass is 446 g/mol. The van der Waals surface area contributed by atoms with E-state index in [0.29, 0.717) is 5.69 Å². The van der Waals surface area contributed by atoms with E-state index in [1.165, 1.54) is 49.4 Å². The van der Waals surface area contributed by atoms with Crippen LogP contribution >= 0.6 is 0 Å². The van der Waals surface area contributed by atoms with Crippen LogP contribution in [-0.4, -0.2) is 28.9 Å². The number of hydrazone groups is 1. The largest absolute Gasteiger partial charge is 0.415 e. The zero-order valence-electron chi connectivity index (χ0n) is 17.3. The number of nitro groups is 1. The highest BCUT2D eigenvalue weighted by atomic mass is 16.6. The van der Waals surface area contributed by atoms with Gasteiger partial charge in [-0.05, 0) is 42.5 Å². The van der Waals surface area contributed by atoms with Crippen LogP contribution in [0.5, 0.6) is 5.75 Å². The Hall–Kier alpha value is -4.86. The molecule has 0 saturated heterocycles. The first-order valence-electron chi connectivity index (χ1n) is 9.61. The van der Waals surface area contributed by atoms with E-state index in [2.05, 4.69) is 15.8 Å². The van der Waals surface area contributed by atoms with Crippen LogP contribution in [0.15, 0.2) is 77.9 Å². The Bertz CT molecular complexity index is 1220. The van der Waals surface area contributed by atoms with Crippen LogP contribution in [0.2, 0.25) is 0 Å². The Balaban J connectivity index is 1.77. The molecule has 0 atom stereocenters. The number of para-hydroxylation sites is 1. The highest BCUT2D eigenvalue weighted by Crippen LogP contribution is 2.30. The van der Waals surface area contributed by atoms with Gasteiger partial charge in [0.1, 0.15) is 0 Å². The Morgan fingerprint density at radius 2 is 1.64 bits per heavy atom. The van der Waals surface area contributed by atoms with E-state index in [1.807, 2.05) is 0 Å². The second-order valence-electron chi connectivity index (χ2n) is 6.67. The van der Waals surface area contributed by atoms with Gasteiger partial charge in [-0.25, -0.2) is 10.2 Å². The second kappa shape index (κ2) is 10.4. The van der Waals surface area contributed by atoms with Gasteiger partial charge in [0.25, 0.3) is 5.91 Å². The Morgan fingerprint density at radius 3 is 2.27 bits per heavy atom. The molecule has 0 spiro atoms. The molecular weight excluding hydrogens is 428 g/mol.